The molecule has 0 spiro atoms. The smallest absolute Gasteiger partial charge is 0.121 e. The quantitative estimate of drug-likeness (QED) is 0.822. The number of rotatable bonds is 3. The number of piperazine rings is 1. The van der Waals surface area contributed by atoms with Gasteiger partial charge in [-0.2, -0.15) is 0 Å². The lowest BCUT2D eigenvalue weighted by Crippen LogP contribution is -2.46. The van der Waals surface area contributed by atoms with Gasteiger partial charge in [-0.1, -0.05) is 13.8 Å². The van der Waals surface area contributed by atoms with Crippen LogP contribution in [-0.2, 0) is 0 Å². The summed E-state index contributed by atoms with van der Waals surface area (Å²) in [5.74, 6) is 1.70. The maximum absolute atomic E-state index is 5.55. The maximum atomic E-state index is 5.55. The van der Waals surface area contributed by atoms with Crippen molar-refractivity contribution in [3.8, 4) is 0 Å². The molecule has 15 heavy (non-hydrogen) atoms. The summed E-state index contributed by atoms with van der Waals surface area (Å²) in [6.45, 7) is 8.92. The molecule has 1 aliphatic rings. The van der Waals surface area contributed by atoms with Crippen molar-refractivity contribution in [1.82, 2.24) is 10.2 Å². The highest BCUT2D eigenvalue weighted by atomic mass is 16.3. The number of furan rings is 1. The van der Waals surface area contributed by atoms with Crippen LogP contribution >= 0.6 is 0 Å². The van der Waals surface area contributed by atoms with Gasteiger partial charge in [0.2, 0.25) is 0 Å². The van der Waals surface area contributed by atoms with E-state index in [1.807, 2.05) is 6.07 Å². The highest BCUT2D eigenvalue weighted by Crippen LogP contribution is 2.28. The molecule has 3 heteroatoms. The summed E-state index contributed by atoms with van der Waals surface area (Å²) in [7, 11) is 0. The molecular formula is C12H20N2O. The van der Waals surface area contributed by atoms with Crippen LogP contribution in [0.15, 0.2) is 22.8 Å². The lowest BCUT2D eigenvalue weighted by atomic mass is 9.99. The first-order valence-corrected chi connectivity index (χ1v) is 5.77. The van der Waals surface area contributed by atoms with Gasteiger partial charge in [-0.25, -0.2) is 0 Å². The Morgan fingerprint density at radius 2 is 2.07 bits per heavy atom. The Morgan fingerprint density at radius 3 is 2.60 bits per heavy atom. The topological polar surface area (TPSA) is 28.4 Å². The van der Waals surface area contributed by atoms with E-state index in [0.29, 0.717) is 12.0 Å². The molecule has 0 bridgehead atoms. The van der Waals surface area contributed by atoms with E-state index >= 15 is 0 Å². The third kappa shape index (κ3) is 2.41. The number of hydrogen-bond acceptors (Lipinski definition) is 3. The fourth-order valence-corrected chi connectivity index (χ4v) is 2.35. The van der Waals surface area contributed by atoms with Gasteiger partial charge in [0.15, 0.2) is 0 Å². The second-order valence-corrected chi connectivity index (χ2v) is 4.49. The molecule has 1 N–H and O–H groups in total. The largest absolute Gasteiger partial charge is 0.468 e. The molecule has 1 fully saturated rings. The summed E-state index contributed by atoms with van der Waals surface area (Å²) in [4.78, 5) is 2.51. The average molecular weight is 208 g/mol. The Kier molecular flexibility index (Phi) is 3.44. The lowest BCUT2D eigenvalue weighted by Gasteiger charge is -2.35. The summed E-state index contributed by atoms with van der Waals surface area (Å²) in [6.07, 6.45) is 1.77. The molecule has 1 aliphatic heterocycles. The Morgan fingerprint density at radius 1 is 1.33 bits per heavy atom. The van der Waals surface area contributed by atoms with E-state index in [4.69, 9.17) is 4.42 Å². The van der Waals surface area contributed by atoms with Crippen molar-refractivity contribution in [3.63, 3.8) is 0 Å². The third-order valence-electron chi connectivity index (χ3n) is 3.01. The highest BCUT2D eigenvalue weighted by molar-refractivity contribution is 5.06. The molecule has 1 aromatic heterocycles. The van der Waals surface area contributed by atoms with E-state index < -0.39 is 0 Å². The van der Waals surface area contributed by atoms with E-state index in [9.17, 15) is 0 Å². The van der Waals surface area contributed by atoms with Crippen LogP contribution in [-0.4, -0.2) is 31.1 Å². The number of nitrogens with one attached hydrogen (secondary N) is 1. The monoisotopic (exact) mass is 208 g/mol. The van der Waals surface area contributed by atoms with Gasteiger partial charge < -0.3 is 9.73 Å². The van der Waals surface area contributed by atoms with Crippen LogP contribution in [0.25, 0.3) is 0 Å². The van der Waals surface area contributed by atoms with E-state index in [1.165, 1.54) is 0 Å². The zero-order valence-corrected chi connectivity index (χ0v) is 9.57. The molecule has 0 saturated carbocycles. The number of hydrogen-bond donors (Lipinski definition) is 1. The van der Waals surface area contributed by atoms with Gasteiger partial charge in [-0.05, 0) is 18.1 Å². The van der Waals surface area contributed by atoms with Crippen LogP contribution in [0, 0.1) is 5.92 Å². The zero-order valence-electron chi connectivity index (χ0n) is 9.57. The lowest BCUT2D eigenvalue weighted by molar-refractivity contribution is 0.119. The molecule has 0 aromatic carbocycles. The molecule has 0 aliphatic carbocycles. The van der Waals surface area contributed by atoms with Crippen LogP contribution in [0.3, 0.4) is 0 Å². The predicted molar refractivity (Wildman–Crippen MR) is 60.7 cm³/mol. The van der Waals surface area contributed by atoms with Gasteiger partial charge in [0.05, 0.1) is 12.3 Å². The first-order valence-electron chi connectivity index (χ1n) is 5.77. The summed E-state index contributed by atoms with van der Waals surface area (Å²) in [6, 6.07) is 4.50. The SMILES string of the molecule is CC(C)C(c1ccco1)N1CCNCC1. The predicted octanol–water partition coefficient (Wildman–Crippen LogP) is 1.88. The minimum Gasteiger partial charge on any atom is -0.468 e. The Bertz CT molecular complexity index is 276. The fourth-order valence-electron chi connectivity index (χ4n) is 2.35. The first-order chi connectivity index (χ1) is 7.29. The van der Waals surface area contributed by atoms with E-state index in [2.05, 4.69) is 30.1 Å². The standard InChI is InChI=1S/C12H20N2O/c1-10(2)12(11-4-3-9-15-11)14-7-5-13-6-8-14/h3-4,9-10,12-13H,5-8H2,1-2H3. The summed E-state index contributed by atoms with van der Waals surface area (Å²) < 4.78 is 5.55. The summed E-state index contributed by atoms with van der Waals surface area (Å²) >= 11 is 0. The van der Waals surface area contributed by atoms with Crippen LogP contribution in [0.1, 0.15) is 25.6 Å². The van der Waals surface area contributed by atoms with Gasteiger partial charge in [-0.15, -0.1) is 0 Å². The molecule has 2 rings (SSSR count). The van der Waals surface area contributed by atoms with Crippen molar-refractivity contribution in [2.45, 2.75) is 19.9 Å². The van der Waals surface area contributed by atoms with Gasteiger partial charge in [-0.3, -0.25) is 4.90 Å². The molecule has 2 heterocycles. The fraction of sp³-hybridized carbons (Fsp3) is 0.667. The van der Waals surface area contributed by atoms with Crippen LogP contribution in [0.2, 0.25) is 0 Å². The Hall–Kier alpha value is -0.800. The molecule has 84 valence electrons. The summed E-state index contributed by atoms with van der Waals surface area (Å²) in [5, 5.41) is 3.38. The molecule has 1 saturated heterocycles. The second-order valence-electron chi connectivity index (χ2n) is 4.49. The zero-order chi connectivity index (χ0) is 10.7. The van der Waals surface area contributed by atoms with E-state index in [0.717, 1.165) is 31.9 Å². The van der Waals surface area contributed by atoms with Crippen LogP contribution in [0.4, 0.5) is 0 Å². The van der Waals surface area contributed by atoms with Crippen molar-refractivity contribution < 1.29 is 4.42 Å². The van der Waals surface area contributed by atoms with Gasteiger partial charge in [0, 0.05) is 26.2 Å². The first kappa shape index (κ1) is 10.7. The van der Waals surface area contributed by atoms with Crippen LogP contribution in [0.5, 0.6) is 0 Å². The second kappa shape index (κ2) is 4.81. The molecular weight excluding hydrogens is 188 g/mol. The highest BCUT2D eigenvalue weighted by Gasteiger charge is 2.26. The average Bonchev–Trinajstić information content (AvgIpc) is 2.72. The van der Waals surface area contributed by atoms with Gasteiger partial charge in [0.1, 0.15) is 5.76 Å². The minimum absolute atomic E-state index is 0.432. The Balaban J connectivity index is 2.12. The summed E-state index contributed by atoms with van der Waals surface area (Å²) in [5.41, 5.74) is 0. The van der Waals surface area contributed by atoms with Crippen molar-refractivity contribution >= 4 is 0 Å². The molecule has 0 amide bonds. The molecule has 1 unspecified atom stereocenters. The van der Waals surface area contributed by atoms with Gasteiger partial charge in [0.25, 0.3) is 0 Å². The van der Waals surface area contributed by atoms with Gasteiger partial charge >= 0.3 is 0 Å². The van der Waals surface area contributed by atoms with Crippen molar-refractivity contribution in [3.05, 3.63) is 24.2 Å². The Labute approximate surface area is 91.4 Å². The van der Waals surface area contributed by atoms with Crippen molar-refractivity contribution in [2.24, 2.45) is 5.92 Å². The normalized spacial score (nSPS) is 20.7. The molecule has 0 radical (unpaired) electrons. The van der Waals surface area contributed by atoms with Crippen molar-refractivity contribution in [2.75, 3.05) is 26.2 Å². The maximum Gasteiger partial charge on any atom is 0.121 e. The van der Waals surface area contributed by atoms with Crippen molar-refractivity contribution in [1.29, 1.82) is 0 Å². The van der Waals surface area contributed by atoms with Crippen LogP contribution < -0.4 is 5.32 Å². The number of nitrogens with zero attached hydrogens (tertiary/aromatic N) is 1. The molecule has 3 nitrogen and oxygen atoms in total. The third-order valence-corrected chi connectivity index (χ3v) is 3.01. The van der Waals surface area contributed by atoms with E-state index in [-0.39, 0.29) is 0 Å². The minimum atomic E-state index is 0.432. The van der Waals surface area contributed by atoms with E-state index in [1.54, 1.807) is 6.26 Å². The molecule has 1 atom stereocenters. The molecule has 1 aromatic rings.